The van der Waals surface area contributed by atoms with Gasteiger partial charge in [-0.1, -0.05) is 6.92 Å². The molecule has 0 aliphatic heterocycles. The zero-order valence-electron chi connectivity index (χ0n) is 17.0. The number of hydrogen-bond acceptors (Lipinski definition) is 3. The van der Waals surface area contributed by atoms with Crippen molar-refractivity contribution in [1.82, 2.24) is 9.55 Å². The fourth-order valence-electron chi connectivity index (χ4n) is 4.58. The molecular weight excluding hydrogens is 400 g/mol. The summed E-state index contributed by atoms with van der Waals surface area (Å²) in [5.74, 6) is -2.57. The van der Waals surface area contributed by atoms with Crippen LogP contribution in [0.4, 0.5) is 23.5 Å². The molecule has 4 rings (SSSR count). The fourth-order valence-corrected chi connectivity index (χ4v) is 4.58. The Morgan fingerprint density at radius 3 is 2.40 bits per heavy atom. The standard InChI is InChI=1S/C21H22F4N4O/c1-12(20(7-8-20)21(23,24)25)17(30)28(3)18-27-16-14(22)9-13(11-26)10-15(16)29(18)19(2)5-4-6-19/h9-10,12H,4-8H2,1-3H3. The normalized spacial score (nSPS) is 20.3. The molecule has 1 aromatic carbocycles. The highest BCUT2D eigenvalue weighted by Crippen LogP contribution is 2.62. The fraction of sp³-hybridized carbons (Fsp3) is 0.571. The second-order valence-electron chi connectivity index (χ2n) is 8.81. The molecule has 2 fully saturated rings. The van der Waals surface area contributed by atoms with E-state index >= 15 is 0 Å². The van der Waals surface area contributed by atoms with Gasteiger partial charge < -0.3 is 4.57 Å². The molecule has 1 atom stereocenters. The van der Waals surface area contributed by atoms with Crippen molar-refractivity contribution in [3.05, 3.63) is 23.5 Å². The molecule has 1 unspecified atom stereocenters. The number of benzene rings is 1. The monoisotopic (exact) mass is 422 g/mol. The second kappa shape index (κ2) is 6.43. The molecule has 9 heteroatoms. The number of aromatic nitrogens is 2. The van der Waals surface area contributed by atoms with Gasteiger partial charge in [-0.05, 0) is 51.2 Å². The molecule has 30 heavy (non-hydrogen) atoms. The van der Waals surface area contributed by atoms with Crippen LogP contribution in [0, 0.1) is 28.5 Å². The zero-order chi connectivity index (χ0) is 22.1. The smallest absolute Gasteiger partial charge is 0.304 e. The summed E-state index contributed by atoms with van der Waals surface area (Å²) in [7, 11) is 1.38. The third kappa shape index (κ3) is 2.80. The van der Waals surface area contributed by atoms with Crippen LogP contribution >= 0.6 is 0 Å². The van der Waals surface area contributed by atoms with Crippen molar-refractivity contribution in [2.75, 3.05) is 11.9 Å². The highest BCUT2D eigenvalue weighted by atomic mass is 19.4. The molecule has 0 radical (unpaired) electrons. The van der Waals surface area contributed by atoms with E-state index in [0.717, 1.165) is 30.2 Å². The Morgan fingerprint density at radius 2 is 1.93 bits per heavy atom. The minimum Gasteiger partial charge on any atom is -0.304 e. The summed E-state index contributed by atoms with van der Waals surface area (Å²) in [6.45, 7) is 3.24. The Hall–Kier alpha value is -2.63. The molecule has 2 aliphatic rings. The summed E-state index contributed by atoms with van der Waals surface area (Å²) < 4.78 is 57.0. The number of anilines is 1. The van der Waals surface area contributed by atoms with Gasteiger partial charge in [-0.2, -0.15) is 18.4 Å². The Kier molecular flexibility index (Phi) is 4.42. The zero-order valence-corrected chi connectivity index (χ0v) is 17.0. The van der Waals surface area contributed by atoms with Crippen LogP contribution in [-0.2, 0) is 10.3 Å². The maximum atomic E-state index is 14.6. The lowest BCUT2D eigenvalue weighted by molar-refractivity contribution is -0.201. The number of hydrogen-bond donors (Lipinski definition) is 0. The third-order valence-corrected chi connectivity index (χ3v) is 6.98. The first-order valence-corrected chi connectivity index (χ1v) is 9.92. The molecule has 2 aromatic rings. The van der Waals surface area contributed by atoms with E-state index in [-0.39, 0.29) is 29.9 Å². The molecular formula is C21H22F4N4O. The molecule has 0 bridgehead atoms. The van der Waals surface area contributed by atoms with Gasteiger partial charge in [0.25, 0.3) is 0 Å². The number of alkyl halides is 3. The quantitative estimate of drug-likeness (QED) is 0.660. The van der Waals surface area contributed by atoms with Crippen LogP contribution in [0.15, 0.2) is 12.1 Å². The maximum Gasteiger partial charge on any atom is 0.395 e. The Balaban J connectivity index is 1.82. The Morgan fingerprint density at radius 1 is 1.30 bits per heavy atom. The van der Waals surface area contributed by atoms with Gasteiger partial charge in [-0.25, -0.2) is 9.37 Å². The Bertz CT molecular complexity index is 1070. The molecule has 5 nitrogen and oxygen atoms in total. The molecule has 2 saturated carbocycles. The number of nitriles is 1. The lowest BCUT2D eigenvalue weighted by Crippen LogP contribution is -2.45. The van der Waals surface area contributed by atoms with Crippen LogP contribution in [0.2, 0.25) is 0 Å². The number of nitrogens with zero attached hydrogens (tertiary/aromatic N) is 4. The number of imidazole rings is 1. The van der Waals surface area contributed by atoms with Gasteiger partial charge in [-0.3, -0.25) is 9.69 Å². The number of carbonyl (C=O) groups excluding carboxylic acids is 1. The molecule has 1 amide bonds. The number of carbonyl (C=O) groups is 1. The molecule has 1 aromatic heterocycles. The van der Waals surface area contributed by atoms with E-state index in [2.05, 4.69) is 4.98 Å². The van der Waals surface area contributed by atoms with Crippen molar-refractivity contribution in [3.63, 3.8) is 0 Å². The largest absolute Gasteiger partial charge is 0.395 e. The summed E-state index contributed by atoms with van der Waals surface area (Å²) in [6.07, 6.45) is -2.17. The molecule has 0 saturated heterocycles. The van der Waals surface area contributed by atoms with E-state index in [0.29, 0.717) is 5.52 Å². The van der Waals surface area contributed by atoms with Crippen LogP contribution < -0.4 is 4.90 Å². The van der Waals surface area contributed by atoms with Crippen molar-refractivity contribution in [2.24, 2.45) is 11.3 Å². The molecule has 0 N–H and O–H groups in total. The van der Waals surface area contributed by atoms with Crippen LogP contribution in [0.1, 0.15) is 51.5 Å². The summed E-state index contributed by atoms with van der Waals surface area (Å²) in [5.41, 5.74) is -1.97. The molecule has 160 valence electrons. The number of rotatable bonds is 4. The first-order valence-electron chi connectivity index (χ1n) is 9.92. The van der Waals surface area contributed by atoms with E-state index in [1.807, 2.05) is 13.0 Å². The summed E-state index contributed by atoms with van der Waals surface area (Å²) in [5, 5.41) is 9.22. The lowest BCUT2D eigenvalue weighted by Gasteiger charge is -2.42. The summed E-state index contributed by atoms with van der Waals surface area (Å²) in [6, 6.07) is 4.49. The average Bonchev–Trinajstić information content (AvgIpc) is 3.40. The van der Waals surface area contributed by atoms with E-state index < -0.39 is 34.8 Å². The van der Waals surface area contributed by atoms with Crippen LogP contribution in [0.25, 0.3) is 11.0 Å². The van der Waals surface area contributed by atoms with Gasteiger partial charge in [0.05, 0.1) is 28.5 Å². The minimum atomic E-state index is -4.46. The first-order chi connectivity index (χ1) is 13.9. The van der Waals surface area contributed by atoms with Crippen molar-refractivity contribution >= 4 is 22.9 Å². The molecule has 0 spiro atoms. The number of halogens is 4. The molecule has 2 aliphatic carbocycles. The number of amides is 1. The van der Waals surface area contributed by atoms with Crippen molar-refractivity contribution in [2.45, 2.75) is 57.7 Å². The second-order valence-corrected chi connectivity index (χ2v) is 8.81. The summed E-state index contributed by atoms with van der Waals surface area (Å²) in [4.78, 5) is 18.5. The first kappa shape index (κ1) is 20.6. The predicted molar refractivity (Wildman–Crippen MR) is 102 cm³/mol. The van der Waals surface area contributed by atoms with Gasteiger partial charge in [0.2, 0.25) is 11.9 Å². The average molecular weight is 422 g/mol. The van der Waals surface area contributed by atoms with Crippen LogP contribution in [0.5, 0.6) is 0 Å². The SMILES string of the molecule is CC(C(=O)N(C)c1nc2c(F)cc(C#N)cc2n1C1(C)CCC1)C1(C(F)(F)F)CC1. The van der Waals surface area contributed by atoms with Gasteiger partial charge >= 0.3 is 6.18 Å². The lowest BCUT2D eigenvalue weighted by atomic mass is 9.78. The van der Waals surface area contributed by atoms with Gasteiger partial charge in [-0.15, -0.1) is 0 Å². The van der Waals surface area contributed by atoms with E-state index in [9.17, 15) is 27.6 Å². The highest BCUT2D eigenvalue weighted by Gasteiger charge is 2.67. The minimum absolute atomic E-state index is 0.00128. The summed E-state index contributed by atoms with van der Waals surface area (Å²) >= 11 is 0. The van der Waals surface area contributed by atoms with E-state index in [1.165, 1.54) is 20.0 Å². The van der Waals surface area contributed by atoms with E-state index in [4.69, 9.17) is 0 Å². The van der Waals surface area contributed by atoms with Crippen LogP contribution in [-0.4, -0.2) is 28.7 Å². The Labute approximate surface area is 171 Å². The van der Waals surface area contributed by atoms with Gasteiger partial charge in [0, 0.05) is 12.6 Å². The molecule has 1 heterocycles. The van der Waals surface area contributed by atoms with E-state index in [1.54, 1.807) is 4.57 Å². The van der Waals surface area contributed by atoms with Crippen molar-refractivity contribution in [3.8, 4) is 6.07 Å². The van der Waals surface area contributed by atoms with Crippen molar-refractivity contribution < 1.29 is 22.4 Å². The predicted octanol–water partition coefficient (Wildman–Crippen LogP) is 4.89. The van der Waals surface area contributed by atoms with Crippen LogP contribution in [0.3, 0.4) is 0 Å². The van der Waals surface area contributed by atoms with Gasteiger partial charge in [0.15, 0.2) is 5.82 Å². The van der Waals surface area contributed by atoms with Crippen molar-refractivity contribution in [1.29, 1.82) is 5.26 Å². The topological polar surface area (TPSA) is 61.9 Å². The highest BCUT2D eigenvalue weighted by molar-refractivity contribution is 5.96. The number of fused-ring (bicyclic) bond motifs is 1. The maximum absolute atomic E-state index is 14.6. The van der Waals surface area contributed by atoms with Gasteiger partial charge in [0.1, 0.15) is 5.52 Å². The third-order valence-electron chi connectivity index (χ3n) is 6.98.